The van der Waals surface area contributed by atoms with Crippen LogP contribution in [0, 0.1) is 0 Å². The van der Waals surface area contributed by atoms with Crippen molar-refractivity contribution >= 4 is 21.7 Å². The highest BCUT2D eigenvalue weighted by Gasteiger charge is 2.08. The predicted octanol–water partition coefficient (Wildman–Crippen LogP) is 1.88. The van der Waals surface area contributed by atoms with Crippen LogP contribution in [0.15, 0.2) is 22.9 Å². The fraction of sp³-hybridized carbons (Fsp3) is 0.400. The number of hydrogen-bond donors (Lipinski definition) is 1. The van der Waals surface area contributed by atoms with Crippen molar-refractivity contribution in [2.75, 3.05) is 5.73 Å². The van der Waals surface area contributed by atoms with Crippen LogP contribution in [-0.2, 0) is 13.1 Å². The van der Waals surface area contributed by atoms with Crippen LogP contribution in [0.2, 0.25) is 0 Å². The summed E-state index contributed by atoms with van der Waals surface area (Å²) in [5, 5.41) is 8.46. The summed E-state index contributed by atoms with van der Waals surface area (Å²) in [4.78, 5) is 0. The van der Waals surface area contributed by atoms with Gasteiger partial charge in [-0.2, -0.15) is 10.2 Å². The fourth-order valence-electron chi connectivity index (χ4n) is 1.56. The predicted molar refractivity (Wildman–Crippen MR) is 66.0 cm³/mol. The van der Waals surface area contributed by atoms with Gasteiger partial charge in [0.1, 0.15) is 5.82 Å². The Hall–Kier alpha value is -1.30. The van der Waals surface area contributed by atoms with E-state index in [1.807, 2.05) is 10.7 Å². The van der Waals surface area contributed by atoms with Crippen LogP contribution in [0.1, 0.15) is 19.0 Å². The fourth-order valence-corrected chi connectivity index (χ4v) is 1.86. The third-order valence-electron chi connectivity index (χ3n) is 2.38. The van der Waals surface area contributed by atoms with Gasteiger partial charge in [0.15, 0.2) is 0 Å². The molecule has 0 unspecified atom stereocenters. The first-order valence-corrected chi connectivity index (χ1v) is 5.99. The van der Waals surface area contributed by atoms with Crippen molar-refractivity contribution < 1.29 is 0 Å². The molecule has 0 saturated heterocycles. The molecule has 16 heavy (non-hydrogen) atoms. The maximum atomic E-state index is 5.87. The maximum Gasteiger partial charge on any atom is 0.136 e. The van der Waals surface area contributed by atoms with E-state index in [2.05, 4.69) is 33.1 Å². The second-order valence-corrected chi connectivity index (χ2v) is 4.44. The summed E-state index contributed by atoms with van der Waals surface area (Å²) in [6.45, 7) is 3.70. The largest absolute Gasteiger partial charge is 0.383 e. The van der Waals surface area contributed by atoms with Gasteiger partial charge in [-0.25, -0.2) is 4.68 Å². The minimum Gasteiger partial charge on any atom is -0.383 e. The van der Waals surface area contributed by atoms with E-state index in [1.165, 1.54) is 0 Å². The van der Waals surface area contributed by atoms with E-state index in [9.17, 15) is 0 Å². The number of anilines is 1. The van der Waals surface area contributed by atoms with Gasteiger partial charge in [0.05, 0.1) is 22.9 Å². The lowest BCUT2D eigenvalue weighted by Gasteiger charge is -2.07. The molecule has 0 atom stereocenters. The number of nitrogens with zero attached hydrogens (tertiary/aromatic N) is 4. The highest BCUT2D eigenvalue weighted by Crippen LogP contribution is 2.18. The molecule has 0 aliphatic rings. The van der Waals surface area contributed by atoms with Crippen LogP contribution in [0.5, 0.6) is 0 Å². The Morgan fingerprint density at radius 2 is 2.19 bits per heavy atom. The van der Waals surface area contributed by atoms with E-state index in [4.69, 9.17) is 5.73 Å². The zero-order valence-electron chi connectivity index (χ0n) is 9.10. The first kappa shape index (κ1) is 11.2. The first-order valence-electron chi connectivity index (χ1n) is 5.20. The molecule has 2 N–H and O–H groups in total. The van der Waals surface area contributed by atoms with Crippen LogP contribution < -0.4 is 5.73 Å². The van der Waals surface area contributed by atoms with Crippen LogP contribution >= 0.6 is 15.9 Å². The monoisotopic (exact) mass is 283 g/mol. The lowest BCUT2D eigenvalue weighted by molar-refractivity contribution is 0.549. The Balaban J connectivity index is 2.20. The quantitative estimate of drug-likeness (QED) is 0.932. The molecule has 2 aromatic rings. The van der Waals surface area contributed by atoms with E-state index in [0.29, 0.717) is 12.4 Å². The van der Waals surface area contributed by atoms with Gasteiger partial charge in [0, 0.05) is 12.7 Å². The molecule has 0 aromatic carbocycles. The Morgan fingerprint density at radius 3 is 2.81 bits per heavy atom. The van der Waals surface area contributed by atoms with Crippen molar-refractivity contribution in [1.29, 1.82) is 0 Å². The summed E-state index contributed by atoms with van der Waals surface area (Å²) in [6.07, 6.45) is 4.57. The zero-order valence-corrected chi connectivity index (χ0v) is 10.7. The van der Waals surface area contributed by atoms with E-state index in [1.54, 1.807) is 17.1 Å². The molecule has 0 radical (unpaired) electrons. The Morgan fingerprint density at radius 1 is 1.38 bits per heavy atom. The van der Waals surface area contributed by atoms with Gasteiger partial charge in [0.25, 0.3) is 0 Å². The summed E-state index contributed by atoms with van der Waals surface area (Å²) >= 11 is 3.34. The van der Waals surface area contributed by atoms with E-state index < -0.39 is 0 Å². The van der Waals surface area contributed by atoms with Gasteiger partial charge < -0.3 is 5.73 Å². The van der Waals surface area contributed by atoms with Crippen molar-refractivity contribution in [2.45, 2.75) is 26.4 Å². The van der Waals surface area contributed by atoms with Crippen LogP contribution in [-0.4, -0.2) is 19.6 Å². The maximum absolute atomic E-state index is 5.87. The summed E-state index contributed by atoms with van der Waals surface area (Å²) in [5.74, 6) is 0.643. The molecule has 5 nitrogen and oxygen atoms in total. The number of nitrogens with two attached hydrogens (primary N) is 1. The van der Waals surface area contributed by atoms with Gasteiger partial charge >= 0.3 is 0 Å². The first-order chi connectivity index (χ1) is 7.72. The number of rotatable bonds is 4. The number of nitrogen functional groups attached to an aromatic ring is 1. The number of hydrogen-bond acceptors (Lipinski definition) is 3. The van der Waals surface area contributed by atoms with Gasteiger partial charge in [0.2, 0.25) is 0 Å². The lowest BCUT2D eigenvalue weighted by Crippen LogP contribution is -2.11. The molecule has 2 rings (SSSR count). The molecular weight excluding hydrogens is 270 g/mol. The molecule has 0 spiro atoms. The number of aryl methyl sites for hydroxylation is 1. The van der Waals surface area contributed by atoms with Crippen LogP contribution in [0.25, 0.3) is 0 Å². The van der Waals surface area contributed by atoms with Crippen molar-refractivity contribution in [2.24, 2.45) is 0 Å². The third kappa shape index (κ3) is 2.11. The molecule has 0 fully saturated rings. The average molecular weight is 284 g/mol. The van der Waals surface area contributed by atoms with Gasteiger partial charge in [-0.05, 0) is 28.4 Å². The summed E-state index contributed by atoms with van der Waals surface area (Å²) in [7, 11) is 0. The Labute approximate surface area is 102 Å². The minimum absolute atomic E-state index is 0.643. The lowest BCUT2D eigenvalue weighted by atomic mass is 10.4. The zero-order chi connectivity index (χ0) is 11.5. The van der Waals surface area contributed by atoms with E-state index >= 15 is 0 Å². The van der Waals surface area contributed by atoms with E-state index in [-0.39, 0.29) is 0 Å². The second-order valence-electron chi connectivity index (χ2n) is 3.58. The molecule has 6 heteroatoms. The molecule has 2 aromatic heterocycles. The van der Waals surface area contributed by atoms with Crippen LogP contribution in [0.3, 0.4) is 0 Å². The topological polar surface area (TPSA) is 61.7 Å². The third-order valence-corrected chi connectivity index (χ3v) is 3.00. The second kappa shape index (κ2) is 4.69. The molecular formula is C10H14BrN5. The molecule has 0 saturated carbocycles. The van der Waals surface area contributed by atoms with Crippen molar-refractivity contribution in [3.8, 4) is 0 Å². The molecule has 0 aliphatic heterocycles. The normalized spacial score (nSPS) is 10.9. The van der Waals surface area contributed by atoms with Gasteiger partial charge in [-0.1, -0.05) is 6.92 Å². The highest BCUT2D eigenvalue weighted by molar-refractivity contribution is 9.10. The molecule has 0 amide bonds. The molecule has 0 bridgehead atoms. The average Bonchev–Trinajstić information content (AvgIpc) is 2.82. The van der Waals surface area contributed by atoms with Crippen molar-refractivity contribution in [3.63, 3.8) is 0 Å². The van der Waals surface area contributed by atoms with Crippen molar-refractivity contribution in [3.05, 3.63) is 28.6 Å². The SMILES string of the molecule is CCCn1nccc1Cn1ncc(Br)c1N. The summed E-state index contributed by atoms with van der Waals surface area (Å²) in [5.41, 5.74) is 6.98. The summed E-state index contributed by atoms with van der Waals surface area (Å²) in [6, 6.07) is 1.99. The van der Waals surface area contributed by atoms with E-state index in [0.717, 1.165) is 23.1 Å². The summed E-state index contributed by atoms with van der Waals surface area (Å²) < 4.78 is 4.57. The van der Waals surface area contributed by atoms with Crippen molar-refractivity contribution in [1.82, 2.24) is 19.6 Å². The molecule has 2 heterocycles. The highest BCUT2D eigenvalue weighted by atomic mass is 79.9. The smallest absolute Gasteiger partial charge is 0.136 e. The minimum atomic E-state index is 0.643. The number of aromatic nitrogens is 4. The molecule has 86 valence electrons. The van der Waals surface area contributed by atoms with Gasteiger partial charge in [-0.3, -0.25) is 4.68 Å². The number of halogens is 1. The standard InChI is InChI=1S/C10H14BrN5/c1-2-5-15-8(3-4-13-15)7-16-10(12)9(11)6-14-16/h3-4,6H,2,5,7,12H2,1H3. The Bertz CT molecular complexity index is 473. The Kier molecular flexibility index (Phi) is 3.28. The molecule has 0 aliphatic carbocycles. The van der Waals surface area contributed by atoms with Crippen LogP contribution in [0.4, 0.5) is 5.82 Å². The van der Waals surface area contributed by atoms with Gasteiger partial charge in [-0.15, -0.1) is 0 Å².